The van der Waals surface area contributed by atoms with Gasteiger partial charge < -0.3 is 14.5 Å². The summed E-state index contributed by atoms with van der Waals surface area (Å²) in [7, 11) is 0. The van der Waals surface area contributed by atoms with Crippen LogP contribution in [0.1, 0.15) is 28.5 Å². The number of nitrogens with zero attached hydrogens (tertiary/aromatic N) is 3. The van der Waals surface area contributed by atoms with Crippen molar-refractivity contribution in [3.8, 4) is 0 Å². The quantitative estimate of drug-likeness (QED) is 0.916. The maximum Gasteiger partial charge on any atom is 0.118 e. The molecule has 3 heterocycles. The van der Waals surface area contributed by atoms with Crippen molar-refractivity contribution in [2.75, 3.05) is 6.54 Å². The average Bonchev–Trinajstić information content (AvgIpc) is 2.94. The second kappa shape index (κ2) is 5.38. The standard InChI is InChI=1S/C14H20N4O2/c1-9-4-12(20-11(9)3)5-15-6-13-7-18-14(8-19-13)10(2)16-17-18/h4,13,15H,5-8H2,1-3H3/t13-/m0/s1. The lowest BCUT2D eigenvalue weighted by atomic mass is 10.2. The lowest BCUT2D eigenvalue weighted by Gasteiger charge is -2.24. The monoisotopic (exact) mass is 276 g/mol. The number of nitrogens with one attached hydrogen (secondary N) is 1. The smallest absolute Gasteiger partial charge is 0.118 e. The van der Waals surface area contributed by atoms with Crippen molar-refractivity contribution in [3.05, 3.63) is 34.5 Å². The van der Waals surface area contributed by atoms with Crippen LogP contribution in [0.25, 0.3) is 0 Å². The zero-order valence-corrected chi connectivity index (χ0v) is 12.1. The van der Waals surface area contributed by atoms with E-state index in [1.54, 1.807) is 0 Å². The maximum absolute atomic E-state index is 5.82. The molecule has 20 heavy (non-hydrogen) atoms. The molecule has 0 bridgehead atoms. The largest absolute Gasteiger partial charge is 0.465 e. The summed E-state index contributed by atoms with van der Waals surface area (Å²) in [5.41, 5.74) is 3.23. The molecular formula is C14H20N4O2. The van der Waals surface area contributed by atoms with Gasteiger partial charge in [-0.3, -0.25) is 0 Å². The second-order valence-corrected chi connectivity index (χ2v) is 5.32. The molecule has 0 saturated heterocycles. The highest BCUT2D eigenvalue weighted by molar-refractivity contribution is 5.18. The molecule has 0 amide bonds. The Labute approximate surface area is 118 Å². The second-order valence-electron chi connectivity index (χ2n) is 5.32. The van der Waals surface area contributed by atoms with Crippen molar-refractivity contribution >= 4 is 0 Å². The minimum atomic E-state index is 0.126. The number of furan rings is 1. The van der Waals surface area contributed by atoms with Crippen LogP contribution in [0.4, 0.5) is 0 Å². The number of fused-ring (bicyclic) bond motifs is 1. The van der Waals surface area contributed by atoms with Gasteiger partial charge in [-0.1, -0.05) is 5.21 Å². The summed E-state index contributed by atoms with van der Waals surface area (Å²) in [5.74, 6) is 1.95. The number of hydrogen-bond donors (Lipinski definition) is 1. The molecule has 1 atom stereocenters. The lowest BCUT2D eigenvalue weighted by Crippen LogP contribution is -2.36. The van der Waals surface area contributed by atoms with Gasteiger partial charge in [0.2, 0.25) is 0 Å². The molecule has 1 aliphatic heterocycles. The van der Waals surface area contributed by atoms with E-state index in [1.807, 2.05) is 18.5 Å². The molecule has 2 aromatic rings. The van der Waals surface area contributed by atoms with Crippen LogP contribution in [-0.4, -0.2) is 27.6 Å². The van der Waals surface area contributed by atoms with Crippen LogP contribution in [-0.2, 0) is 24.4 Å². The molecule has 0 aliphatic carbocycles. The van der Waals surface area contributed by atoms with E-state index in [0.29, 0.717) is 6.61 Å². The lowest BCUT2D eigenvalue weighted by molar-refractivity contribution is 0.000499. The van der Waals surface area contributed by atoms with Crippen molar-refractivity contribution in [2.45, 2.75) is 46.6 Å². The van der Waals surface area contributed by atoms with Crippen LogP contribution in [0.2, 0.25) is 0 Å². The van der Waals surface area contributed by atoms with Gasteiger partial charge >= 0.3 is 0 Å². The first-order chi connectivity index (χ1) is 9.63. The van der Waals surface area contributed by atoms with Crippen LogP contribution in [0, 0.1) is 20.8 Å². The summed E-state index contributed by atoms with van der Waals surface area (Å²) in [6.07, 6.45) is 0.126. The first-order valence-corrected chi connectivity index (χ1v) is 6.90. The molecule has 1 N–H and O–H groups in total. The summed E-state index contributed by atoms with van der Waals surface area (Å²) in [6.45, 7) is 8.83. The van der Waals surface area contributed by atoms with E-state index in [9.17, 15) is 0 Å². The maximum atomic E-state index is 5.82. The topological polar surface area (TPSA) is 65.1 Å². The molecule has 2 aromatic heterocycles. The van der Waals surface area contributed by atoms with Crippen LogP contribution < -0.4 is 5.32 Å². The summed E-state index contributed by atoms with van der Waals surface area (Å²) in [4.78, 5) is 0. The van der Waals surface area contributed by atoms with Gasteiger partial charge in [0.05, 0.1) is 37.2 Å². The average molecular weight is 276 g/mol. The molecule has 3 rings (SSSR count). The Bertz CT molecular complexity index is 583. The zero-order chi connectivity index (χ0) is 14.1. The highest BCUT2D eigenvalue weighted by atomic mass is 16.5. The van der Waals surface area contributed by atoms with E-state index >= 15 is 0 Å². The molecule has 0 unspecified atom stereocenters. The third-order valence-electron chi connectivity index (χ3n) is 3.75. The Kier molecular flexibility index (Phi) is 3.58. The first kappa shape index (κ1) is 13.3. The van der Waals surface area contributed by atoms with Gasteiger partial charge in [0, 0.05) is 6.54 Å². The molecule has 0 radical (unpaired) electrons. The van der Waals surface area contributed by atoms with Gasteiger partial charge in [0.25, 0.3) is 0 Å². The van der Waals surface area contributed by atoms with E-state index in [0.717, 1.165) is 42.5 Å². The fourth-order valence-corrected chi connectivity index (χ4v) is 2.40. The Morgan fingerprint density at radius 1 is 1.40 bits per heavy atom. The van der Waals surface area contributed by atoms with Crippen LogP contribution in [0.3, 0.4) is 0 Å². The van der Waals surface area contributed by atoms with Crippen LogP contribution in [0.15, 0.2) is 10.5 Å². The van der Waals surface area contributed by atoms with Crippen molar-refractivity contribution < 1.29 is 9.15 Å². The zero-order valence-electron chi connectivity index (χ0n) is 12.1. The van der Waals surface area contributed by atoms with E-state index in [2.05, 4.69) is 28.6 Å². The fourth-order valence-electron chi connectivity index (χ4n) is 2.40. The molecular weight excluding hydrogens is 256 g/mol. The van der Waals surface area contributed by atoms with E-state index in [-0.39, 0.29) is 6.10 Å². The molecule has 0 aromatic carbocycles. The summed E-state index contributed by atoms with van der Waals surface area (Å²) in [6, 6.07) is 2.07. The van der Waals surface area contributed by atoms with E-state index in [4.69, 9.17) is 9.15 Å². The van der Waals surface area contributed by atoms with Gasteiger partial charge in [0.15, 0.2) is 0 Å². The molecule has 6 nitrogen and oxygen atoms in total. The first-order valence-electron chi connectivity index (χ1n) is 6.90. The molecule has 0 fully saturated rings. The molecule has 1 aliphatic rings. The summed E-state index contributed by atoms with van der Waals surface area (Å²) < 4.78 is 13.4. The van der Waals surface area contributed by atoms with Crippen LogP contribution >= 0.6 is 0 Å². The summed E-state index contributed by atoms with van der Waals surface area (Å²) in [5, 5.41) is 11.6. The predicted octanol–water partition coefficient (Wildman–Crippen LogP) is 1.48. The van der Waals surface area contributed by atoms with Crippen molar-refractivity contribution in [3.63, 3.8) is 0 Å². The van der Waals surface area contributed by atoms with Crippen molar-refractivity contribution in [2.24, 2.45) is 0 Å². The minimum Gasteiger partial charge on any atom is -0.465 e. The minimum absolute atomic E-state index is 0.126. The fraction of sp³-hybridized carbons (Fsp3) is 0.571. The van der Waals surface area contributed by atoms with Gasteiger partial charge in [-0.2, -0.15) is 0 Å². The third-order valence-corrected chi connectivity index (χ3v) is 3.75. The molecule has 0 spiro atoms. The van der Waals surface area contributed by atoms with Crippen LogP contribution in [0.5, 0.6) is 0 Å². The van der Waals surface area contributed by atoms with Gasteiger partial charge in [-0.15, -0.1) is 5.10 Å². The van der Waals surface area contributed by atoms with E-state index in [1.165, 1.54) is 5.56 Å². The predicted molar refractivity (Wildman–Crippen MR) is 73.2 cm³/mol. The van der Waals surface area contributed by atoms with Gasteiger partial charge in [-0.05, 0) is 32.4 Å². The number of ether oxygens (including phenoxy) is 1. The van der Waals surface area contributed by atoms with Crippen molar-refractivity contribution in [1.29, 1.82) is 0 Å². The Morgan fingerprint density at radius 2 is 2.25 bits per heavy atom. The Hall–Kier alpha value is -1.66. The Morgan fingerprint density at radius 3 is 3.00 bits per heavy atom. The highest BCUT2D eigenvalue weighted by Crippen LogP contribution is 2.15. The number of aromatic nitrogens is 3. The van der Waals surface area contributed by atoms with Crippen molar-refractivity contribution in [1.82, 2.24) is 20.3 Å². The van der Waals surface area contributed by atoms with Gasteiger partial charge in [0.1, 0.15) is 11.5 Å². The molecule has 0 saturated carbocycles. The summed E-state index contributed by atoms with van der Waals surface area (Å²) >= 11 is 0. The van der Waals surface area contributed by atoms with E-state index < -0.39 is 0 Å². The van der Waals surface area contributed by atoms with Gasteiger partial charge in [-0.25, -0.2) is 4.68 Å². The normalized spacial score (nSPS) is 18.2. The molecule has 108 valence electrons. The number of rotatable bonds is 4. The Balaban J connectivity index is 1.50. The SMILES string of the molecule is Cc1cc(CNC[C@H]2Cn3nnc(C)c3CO2)oc1C. The number of hydrogen-bond acceptors (Lipinski definition) is 5. The molecule has 6 heteroatoms. The number of aryl methyl sites for hydroxylation is 3. The third kappa shape index (κ3) is 2.62. The highest BCUT2D eigenvalue weighted by Gasteiger charge is 2.21.